The van der Waals surface area contributed by atoms with Crippen LogP contribution in [0.5, 0.6) is 0 Å². The van der Waals surface area contributed by atoms with Crippen LogP contribution in [-0.2, 0) is 9.53 Å². The van der Waals surface area contributed by atoms with Crippen LogP contribution in [-0.4, -0.2) is 18.5 Å². The van der Waals surface area contributed by atoms with Crippen LogP contribution in [0.3, 0.4) is 0 Å². The highest BCUT2D eigenvalue weighted by Gasteiger charge is 2.36. The number of ketones is 1. The van der Waals surface area contributed by atoms with Crippen molar-refractivity contribution < 1.29 is 9.53 Å². The minimum Gasteiger partial charge on any atom is -0.370 e. The fourth-order valence-corrected chi connectivity index (χ4v) is 2.47. The summed E-state index contributed by atoms with van der Waals surface area (Å²) in [4.78, 5) is 12.4. The molecule has 0 bridgehead atoms. The molecule has 0 radical (unpaired) electrons. The fourth-order valence-electron chi connectivity index (χ4n) is 2.47. The molecule has 3 unspecified atom stereocenters. The molecular weight excluding hydrogens is 238 g/mol. The Morgan fingerprint density at radius 3 is 2.68 bits per heavy atom. The van der Waals surface area contributed by atoms with Crippen LogP contribution in [0.25, 0.3) is 0 Å². The number of hydrogen-bond acceptors (Lipinski definition) is 3. The summed E-state index contributed by atoms with van der Waals surface area (Å²) in [5.41, 5.74) is 3.04. The molecule has 1 aliphatic rings. The number of nitrogens with zero attached hydrogens (tertiary/aromatic N) is 1. The molecule has 3 heteroatoms. The Kier molecular flexibility index (Phi) is 4.01. The number of aryl methyl sites for hydroxylation is 2. The summed E-state index contributed by atoms with van der Waals surface area (Å²) < 4.78 is 5.48. The number of benzene rings is 1. The van der Waals surface area contributed by atoms with Gasteiger partial charge in [-0.2, -0.15) is 5.26 Å². The third-order valence-electron chi connectivity index (χ3n) is 3.95. The Balaban J connectivity index is 2.27. The highest BCUT2D eigenvalue weighted by Crippen LogP contribution is 2.28. The van der Waals surface area contributed by atoms with Crippen molar-refractivity contribution in [1.29, 1.82) is 5.26 Å². The molecule has 0 N–H and O–H groups in total. The molecule has 1 saturated heterocycles. The topological polar surface area (TPSA) is 50.1 Å². The number of Topliss-reactive ketones (excluding diaryl/α,β-unsaturated/α-hetero) is 1. The van der Waals surface area contributed by atoms with Crippen LogP contribution in [0.15, 0.2) is 18.2 Å². The SMILES string of the molecule is Cc1ccc(C(C#N)C(=O)C2OCCC2C)cc1C. The summed E-state index contributed by atoms with van der Waals surface area (Å²) in [6.07, 6.45) is 0.466. The van der Waals surface area contributed by atoms with Crippen molar-refractivity contribution in [2.24, 2.45) is 5.92 Å². The summed E-state index contributed by atoms with van der Waals surface area (Å²) in [5, 5.41) is 9.33. The Morgan fingerprint density at radius 2 is 2.16 bits per heavy atom. The number of carbonyl (C=O) groups excluding carboxylic acids is 1. The monoisotopic (exact) mass is 257 g/mol. The summed E-state index contributed by atoms with van der Waals surface area (Å²) in [5.74, 6) is -0.615. The summed E-state index contributed by atoms with van der Waals surface area (Å²) in [6, 6.07) is 7.89. The lowest BCUT2D eigenvalue weighted by atomic mass is 9.87. The highest BCUT2D eigenvalue weighted by molar-refractivity contribution is 5.92. The minimum atomic E-state index is -0.718. The lowest BCUT2D eigenvalue weighted by molar-refractivity contribution is -0.129. The molecule has 1 heterocycles. The van der Waals surface area contributed by atoms with E-state index < -0.39 is 12.0 Å². The maximum Gasteiger partial charge on any atom is 0.183 e. The Labute approximate surface area is 114 Å². The Hall–Kier alpha value is -1.66. The smallest absolute Gasteiger partial charge is 0.183 e. The van der Waals surface area contributed by atoms with Gasteiger partial charge >= 0.3 is 0 Å². The van der Waals surface area contributed by atoms with Crippen molar-refractivity contribution in [3.05, 3.63) is 34.9 Å². The molecule has 0 saturated carbocycles. The molecule has 1 aliphatic heterocycles. The van der Waals surface area contributed by atoms with Gasteiger partial charge in [-0.15, -0.1) is 0 Å². The van der Waals surface area contributed by atoms with Crippen LogP contribution in [0.1, 0.15) is 36.0 Å². The quantitative estimate of drug-likeness (QED) is 0.836. The van der Waals surface area contributed by atoms with Crippen LogP contribution >= 0.6 is 0 Å². The zero-order valence-electron chi connectivity index (χ0n) is 11.6. The number of hydrogen-bond donors (Lipinski definition) is 0. The third-order valence-corrected chi connectivity index (χ3v) is 3.95. The van der Waals surface area contributed by atoms with Crippen molar-refractivity contribution in [2.75, 3.05) is 6.61 Å². The van der Waals surface area contributed by atoms with E-state index in [2.05, 4.69) is 6.07 Å². The lowest BCUT2D eigenvalue weighted by Gasteiger charge is -2.17. The lowest BCUT2D eigenvalue weighted by Crippen LogP contribution is -2.30. The van der Waals surface area contributed by atoms with Gasteiger partial charge < -0.3 is 4.74 Å². The molecular formula is C16H19NO2. The zero-order chi connectivity index (χ0) is 14.0. The van der Waals surface area contributed by atoms with E-state index in [1.165, 1.54) is 5.56 Å². The first kappa shape index (κ1) is 13.8. The van der Waals surface area contributed by atoms with Gasteiger partial charge in [0.25, 0.3) is 0 Å². The number of carbonyl (C=O) groups is 1. The van der Waals surface area contributed by atoms with Crippen LogP contribution < -0.4 is 0 Å². The molecule has 0 aliphatic carbocycles. The van der Waals surface area contributed by atoms with E-state index in [4.69, 9.17) is 4.74 Å². The summed E-state index contributed by atoms with van der Waals surface area (Å²) >= 11 is 0. The molecule has 0 spiro atoms. The van der Waals surface area contributed by atoms with Crippen molar-refractivity contribution in [2.45, 2.75) is 39.2 Å². The minimum absolute atomic E-state index is 0.101. The van der Waals surface area contributed by atoms with Crippen molar-refractivity contribution in [3.8, 4) is 6.07 Å². The van der Waals surface area contributed by atoms with E-state index in [9.17, 15) is 10.1 Å². The molecule has 1 aromatic carbocycles. The molecule has 100 valence electrons. The van der Waals surface area contributed by atoms with E-state index in [1.54, 1.807) is 0 Å². The molecule has 1 fully saturated rings. The van der Waals surface area contributed by atoms with Gasteiger partial charge in [-0.1, -0.05) is 25.1 Å². The van der Waals surface area contributed by atoms with Crippen molar-refractivity contribution in [3.63, 3.8) is 0 Å². The van der Waals surface area contributed by atoms with Gasteiger partial charge in [-0.05, 0) is 42.9 Å². The fraction of sp³-hybridized carbons (Fsp3) is 0.500. The maximum absolute atomic E-state index is 12.4. The van der Waals surface area contributed by atoms with E-state index >= 15 is 0 Å². The van der Waals surface area contributed by atoms with E-state index in [0.717, 1.165) is 17.5 Å². The van der Waals surface area contributed by atoms with Gasteiger partial charge in [0, 0.05) is 6.61 Å². The predicted molar refractivity (Wildman–Crippen MR) is 72.8 cm³/mol. The number of rotatable bonds is 3. The standard InChI is InChI=1S/C16H19NO2/c1-10-4-5-13(8-12(10)3)14(9-17)15(18)16-11(2)6-7-19-16/h4-5,8,11,14,16H,6-7H2,1-3H3. The molecule has 2 rings (SSSR count). The second kappa shape index (κ2) is 5.54. The Bertz CT molecular complexity index is 530. The predicted octanol–water partition coefficient (Wildman–Crippen LogP) is 2.90. The second-order valence-corrected chi connectivity index (χ2v) is 5.37. The molecule has 0 aromatic heterocycles. The van der Waals surface area contributed by atoms with Gasteiger partial charge in [0.15, 0.2) is 5.78 Å². The zero-order valence-corrected chi connectivity index (χ0v) is 11.6. The van der Waals surface area contributed by atoms with Crippen LogP contribution in [0.4, 0.5) is 0 Å². The van der Waals surface area contributed by atoms with E-state index in [0.29, 0.717) is 6.61 Å². The number of nitriles is 1. The van der Waals surface area contributed by atoms with Crippen LogP contribution in [0.2, 0.25) is 0 Å². The summed E-state index contributed by atoms with van der Waals surface area (Å²) in [7, 11) is 0. The van der Waals surface area contributed by atoms with Gasteiger partial charge in [-0.25, -0.2) is 0 Å². The number of ether oxygens (including phenoxy) is 1. The second-order valence-electron chi connectivity index (χ2n) is 5.37. The highest BCUT2D eigenvalue weighted by atomic mass is 16.5. The average Bonchev–Trinajstić information content (AvgIpc) is 2.80. The Morgan fingerprint density at radius 1 is 1.42 bits per heavy atom. The van der Waals surface area contributed by atoms with Gasteiger partial charge in [-0.3, -0.25) is 4.79 Å². The van der Waals surface area contributed by atoms with Crippen LogP contribution in [0, 0.1) is 31.1 Å². The normalized spacial score (nSPS) is 23.9. The molecule has 3 nitrogen and oxygen atoms in total. The molecule has 1 aromatic rings. The van der Waals surface area contributed by atoms with Gasteiger partial charge in [0.2, 0.25) is 0 Å². The van der Waals surface area contributed by atoms with Gasteiger partial charge in [0.1, 0.15) is 12.0 Å². The van der Waals surface area contributed by atoms with E-state index in [1.807, 2.05) is 39.0 Å². The molecule has 19 heavy (non-hydrogen) atoms. The third kappa shape index (κ3) is 2.69. The van der Waals surface area contributed by atoms with Crippen molar-refractivity contribution in [1.82, 2.24) is 0 Å². The molecule has 3 atom stereocenters. The maximum atomic E-state index is 12.4. The first-order valence-electron chi connectivity index (χ1n) is 6.66. The average molecular weight is 257 g/mol. The van der Waals surface area contributed by atoms with Crippen molar-refractivity contribution >= 4 is 5.78 Å². The van der Waals surface area contributed by atoms with E-state index in [-0.39, 0.29) is 11.7 Å². The largest absolute Gasteiger partial charge is 0.370 e. The summed E-state index contributed by atoms with van der Waals surface area (Å²) in [6.45, 7) is 6.63. The first-order valence-corrected chi connectivity index (χ1v) is 6.66. The van der Waals surface area contributed by atoms with Gasteiger partial charge in [0.05, 0.1) is 6.07 Å². The first-order chi connectivity index (χ1) is 9.04. The molecule has 0 amide bonds.